The lowest BCUT2D eigenvalue weighted by atomic mass is 9.76. The molecule has 180 valence electrons. The summed E-state index contributed by atoms with van der Waals surface area (Å²) in [6.45, 7) is 1.92. The summed E-state index contributed by atoms with van der Waals surface area (Å²) in [5, 5.41) is 6.07. The molecule has 0 saturated carbocycles. The molecule has 10 heteroatoms. The van der Waals surface area contributed by atoms with E-state index in [2.05, 4.69) is 10.6 Å². The SMILES string of the molecule is CCOC(=O)c1ccc(N2C(=O)[C@H]3[C@H](CCC(N)=O)N[C@]4(C(=O)Nc5ccccc54)[C@@H]3C2=O)cc1. The van der Waals surface area contributed by atoms with Gasteiger partial charge in [0.05, 0.1) is 29.7 Å². The molecule has 2 saturated heterocycles. The number of nitrogens with two attached hydrogens (primary N) is 1. The average molecular weight is 476 g/mol. The number of hydrogen-bond donors (Lipinski definition) is 3. The fourth-order valence-electron chi connectivity index (χ4n) is 5.52. The predicted molar refractivity (Wildman–Crippen MR) is 124 cm³/mol. The van der Waals surface area contributed by atoms with E-state index < -0.39 is 53.0 Å². The Morgan fingerprint density at radius 2 is 1.77 bits per heavy atom. The van der Waals surface area contributed by atoms with Crippen LogP contribution in [-0.4, -0.2) is 42.2 Å². The quantitative estimate of drug-likeness (QED) is 0.417. The molecule has 0 aliphatic carbocycles. The third-order valence-corrected chi connectivity index (χ3v) is 6.96. The Morgan fingerprint density at radius 3 is 2.46 bits per heavy atom. The fraction of sp³-hybridized carbons (Fsp3) is 0.320. The van der Waals surface area contributed by atoms with E-state index in [4.69, 9.17) is 10.5 Å². The van der Waals surface area contributed by atoms with Crippen LogP contribution in [0.4, 0.5) is 11.4 Å². The molecule has 1 spiro atoms. The lowest BCUT2D eigenvalue weighted by Gasteiger charge is -2.29. The predicted octanol–water partition coefficient (Wildman–Crippen LogP) is 1.05. The van der Waals surface area contributed by atoms with Gasteiger partial charge in [-0.25, -0.2) is 9.69 Å². The first-order valence-electron chi connectivity index (χ1n) is 11.4. The van der Waals surface area contributed by atoms with E-state index in [0.29, 0.717) is 11.3 Å². The second-order valence-electron chi connectivity index (χ2n) is 8.85. The standard InChI is InChI=1S/C25H24N4O6/c1-2-35-23(33)13-7-9-14(10-8-13)29-21(31)19-17(11-12-18(26)30)28-25(20(19)22(29)32)15-5-3-4-6-16(15)27-24(25)34/h3-10,17,19-20,28H,2,11-12H2,1H3,(H2,26,30)(H,27,34)/t17-,19-,20-,25-/m0/s1. The number of amides is 4. The summed E-state index contributed by atoms with van der Waals surface area (Å²) in [6, 6.07) is 12.4. The topological polar surface area (TPSA) is 148 Å². The van der Waals surface area contributed by atoms with E-state index >= 15 is 0 Å². The van der Waals surface area contributed by atoms with Crippen LogP contribution in [0.25, 0.3) is 0 Å². The van der Waals surface area contributed by atoms with Crippen molar-refractivity contribution in [3.05, 3.63) is 59.7 Å². The van der Waals surface area contributed by atoms with Crippen molar-refractivity contribution in [3.8, 4) is 0 Å². The van der Waals surface area contributed by atoms with E-state index in [0.717, 1.165) is 4.90 Å². The van der Waals surface area contributed by atoms with Gasteiger partial charge in [-0.3, -0.25) is 24.5 Å². The number of imide groups is 1. The molecule has 0 radical (unpaired) electrons. The second kappa shape index (κ2) is 8.31. The van der Waals surface area contributed by atoms with E-state index in [1.165, 1.54) is 24.3 Å². The highest BCUT2D eigenvalue weighted by Crippen LogP contribution is 2.54. The van der Waals surface area contributed by atoms with Gasteiger partial charge in [-0.15, -0.1) is 0 Å². The average Bonchev–Trinajstić information content (AvgIpc) is 3.42. The number of nitrogens with one attached hydrogen (secondary N) is 2. The van der Waals surface area contributed by atoms with Crippen LogP contribution in [0, 0.1) is 11.8 Å². The zero-order valence-electron chi connectivity index (χ0n) is 18.9. The number of anilines is 2. The minimum atomic E-state index is -1.45. The van der Waals surface area contributed by atoms with E-state index in [1.54, 1.807) is 31.2 Å². The molecule has 5 rings (SSSR count). The van der Waals surface area contributed by atoms with Crippen LogP contribution in [0.1, 0.15) is 35.7 Å². The van der Waals surface area contributed by atoms with Gasteiger partial charge >= 0.3 is 5.97 Å². The van der Waals surface area contributed by atoms with Crippen LogP contribution >= 0.6 is 0 Å². The first-order chi connectivity index (χ1) is 16.8. The van der Waals surface area contributed by atoms with Crippen LogP contribution in [0.5, 0.6) is 0 Å². The molecule has 10 nitrogen and oxygen atoms in total. The van der Waals surface area contributed by atoms with Crippen LogP contribution in [0.2, 0.25) is 0 Å². The molecule has 0 aromatic heterocycles. The summed E-state index contributed by atoms with van der Waals surface area (Å²) < 4.78 is 4.99. The fourth-order valence-corrected chi connectivity index (χ4v) is 5.52. The number of benzene rings is 2. The minimum Gasteiger partial charge on any atom is -0.462 e. The Bertz CT molecular complexity index is 1260. The van der Waals surface area contributed by atoms with Gasteiger partial charge in [-0.1, -0.05) is 18.2 Å². The molecule has 2 aromatic rings. The second-order valence-corrected chi connectivity index (χ2v) is 8.85. The number of nitrogens with zero attached hydrogens (tertiary/aromatic N) is 1. The molecule has 4 N–H and O–H groups in total. The third kappa shape index (κ3) is 3.32. The maximum absolute atomic E-state index is 13.8. The van der Waals surface area contributed by atoms with E-state index in [-0.39, 0.29) is 30.7 Å². The van der Waals surface area contributed by atoms with Crippen LogP contribution < -0.4 is 21.3 Å². The van der Waals surface area contributed by atoms with Crippen LogP contribution in [-0.2, 0) is 29.5 Å². The summed E-state index contributed by atoms with van der Waals surface area (Å²) >= 11 is 0. The van der Waals surface area contributed by atoms with Crippen molar-refractivity contribution in [1.82, 2.24) is 5.32 Å². The highest BCUT2D eigenvalue weighted by atomic mass is 16.5. The highest BCUT2D eigenvalue weighted by Gasteiger charge is 2.70. The van der Waals surface area contributed by atoms with Crippen molar-refractivity contribution >= 4 is 41.0 Å². The number of hydrogen-bond acceptors (Lipinski definition) is 7. The number of rotatable bonds is 6. The smallest absolute Gasteiger partial charge is 0.338 e. The van der Waals surface area contributed by atoms with Gasteiger partial charge in [0.1, 0.15) is 5.54 Å². The van der Waals surface area contributed by atoms with Crippen molar-refractivity contribution in [2.45, 2.75) is 31.3 Å². The monoisotopic (exact) mass is 476 g/mol. The molecule has 4 amide bonds. The number of ether oxygens (including phenoxy) is 1. The van der Waals surface area contributed by atoms with Gasteiger partial charge in [0.15, 0.2) is 0 Å². The zero-order chi connectivity index (χ0) is 24.9. The number of primary amides is 1. The summed E-state index contributed by atoms with van der Waals surface area (Å²) in [5.41, 5.74) is 5.63. The Labute approximate surface area is 200 Å². The van der Waals surface area contributed by atoms with Crippen molar-refractivity contribution in [2.75, 3.05) is 16.8 Å². The van der Waals surface area contributed by atoms with Gasteiger partial charge < -0.3 is 15.8 Å². The number of fused-ring (bicyclic) bond motifs is 4. The summed E-state index contributed by atoms with van der Waals surface area (Å²) in [6.07, 6.45) is 0.193. The number of para-hydroxylation sites is 1. The van der Waals surface area contributed by atoms with Crippen LogP contribution in [0.3, 0.4) is 0 Å². The molecule has 2 fully saturated rings. The number of carbonyl (C=O) groups excluding carboxylic acids is 5. The minimum absolute atomic E-state index is 0.00403. The normalized spacial score (nSPS) is 26.6. The molecule has 0 unspecified atom stereocenters. The number of esters is 1. The van der Waals surface area contributed by atoms with Crippen molar-refractivity contribution in [2.24, 2.45) is 17.6 Å². The Balaban J connectivity index is 1.56. The molecule has 2 aromatic carbocycles. The molecule has 3 aliphatic heterocycles. The van der Waals surface area contributed by atoms with E-state index in [1.807, 2.05) is 0 Å². The lowest BCUT2D eigenvalue weighted by Crippen LogP contribution is -2.53. The molecule has 0 bridgehead atoms. The van der Waals surface area contributed by atoms with Crippen molar-refractivity contribution in [3.63, 3.8) is 0 Å². The molecule has 3 aliphatic rings. The van der Waals surface area contributed by atoms with Gasteiger partial charge in [-0.2, -0.15) is 0 Å². The highest BCUT2D eigenvalue weighted by molar-refractivity contribution is 6.25. The maximum atomic E-state index is 13.8. The molecular weight excluding hydrogens is 452 g/mol. The van der Waals surface area contributed by atoms with Crippen LogP contribution in [0.15, 0.2) is 48.5 Å². The van der Waals surface area contributed by atoms with Crippen molar-refractivity contribution in [1.29, 1.82) is 0 Å². The van der Waals surface area contributed by atoms with Gasteiger partial charge in [0.25, 0.3) is 0 Å². The molecule has 35 heavy (non-hydrogen) atoms. The summed E-state index contributed by atoms with van der Waals surface area (Å²) in [4.78, 5) is 65.4. The zero-order valence-corrected chi connectivity index (χ0v) is 18.9. The summed E-state index contributed by atoms with van der Waals surface area (Å²) in [7, 11) is 0. The first-order valence-corrected chi connectivity index (χ1v) is 11.4. The lowest BCUT2D eigenvalue weighted by molar-refractivity contribution is -0.130. The Hall–Kier alpha value is -4.05. The third-order valence-electron chi connectivity index (χ3n) is 6.96. The van der Waals surface area contributed by atoms with Crippen molar-refractivity contribution < 1.29 is 28.7 Å². The van der Waals surface area contributed by atoms with Gasteiger partial charge in [0.2, 0.25) is 23.6 Å². The summed E-state index contributed by atoms with van der Waals surface area (Å²) in [5.74, 6) is -4.35. The molecular formula is C25H24N4O6. The molecule has 3 heterocycles. The largest absolute Gasteiger partial charge is 0.462 e. The van der Waals surface area contributed by atoms with Gasteiger partial charge in [-0.05, 0) is 43.7 Å². The number of carbonyl (C=O) groups is 5. The van der Waals surface area contributed by atoms with Gasteiger partial charge in [0, 0.05) is 23.7 Å². The van der Waals surface area contributed by atoms with E-state index in [9.17, 15) is 24.0 Å². The Kier molecular flexibility index (Phi) is 5.40. The molecule has 4 atom stereocenters. The first kappa shape index (κ1) is 22.7. The Morgan fingerprint density at radius 1 is 1.06 bits per heavy atom. The maximum Gasteiger partial charge on any atom is 0.338 e.